The van der Waals surface area contributed by atoms with Gasteiger partial charge in [-0.3, -0.25) is 0 Å². The molecule has 0 atom stereocenters. The minimum atomic E-state index is -0.300. The molecule has 0 bridgehead atoms. The summed E-state index contributed by atoms with van der Waals surface area (Å²) in [5.41, 5.74) is 0. The van der Waals surface area contributed by atoms with Crippen molar-refractivity contribution in [2.75, 3.05) is 19.8 Å². The molecule has 0 amide bonds. The summed E-state index contributed by atoms with van der Waals surface area (Å²) in [7, 11) is 0. The smallest absolute Gasteiger partial charge is 0.330 e. The summed E-state index contributed by atoms with van der Waals surface area (Å²) >= 11 is 0. The van der Waals surface area contributed by atoms with Crippen LogP contribution >= 0.6 is 0 Å². The number of carbonyl (C=O) groups is 1. The number of hydrogen-bond donors (Lipinski definition) is 2. The number of aliphatic hydroxyl groups is 2. The average Bonchev–Trinajstić information content (AvgIpc) is 2.74. The zero-order chi connectivity index (χ0) is 21.8. The van der Waals surface area contributed by atoms with Crippen LogP contribution in [0.1, 0.15) is 122 Å². The van der Waals surface area contributed by atoms with Gasteiger partial charge >= 0.3 is 5.97 Å². The Morgan fingerprint density at radius 2 is 1.00 bits per heavy atom. The molecule has 0 saturated heterocycles. The van der Waals surface area contributed by atoms with Crippen LogP contribution in [-0.4, -0.2) is 36.0 Å². The highest BCUT2D eigenvalue weighted by atomic mass is 16.5. The van der Waals surface area contributed by atoms with Crippen LogP contribution in [-0.2, 0) is 9.53 Å². The van der Waals surface area contributed by atoms with Gasteiger partial charge in [-0.15, -0.1) is 0 Å². The van der Waals surface area contributed by atoms with Gasteiger partial charge in [0.25, 0.3) is 0 Å². The molecule has 0 aliphatic heterocycles. The molecular formula is C25H50O4. The van der Waals surface area contributed by atoms with Crippen molar-refractivity contribution in [3.63, 3.8) is 0 Å². The Morgan fingerprint density at radius 3 is 1.31 bits per heavy atom. The molecule has 0 saturated carbocycles. The molecule has 0 spiro atoms. The molecule has 0 aromatic rings. The Labute approximate surface area is 181 Å². The Hall–Kier alpha value is -0.870. The second-order valence-corrected chi connectivity index (χ2v) is 7.83. The summed E-state index contributed by atoms with van der Waals surface area (Å²) < 4.78 is 4.95. The van der Waals surface area contributed by atoms with Gasteiger partial charge in [0, 0.05) is 19.3 Å². The highest BCUT2D eigenvalue weighted by Crippen LogP contribution is 2.13. The Balaban J connectivity index is 0. The standard InChI is InChI=1S/C21H40O2.C4H10O2/c1-3-5-6-7-8-9-10-11-12-13-14-15-16-17-18-19-20-23-21(22)4-2;5-3-1-2-4-6/h4H,2-3,5-20H2,1H3;5-6H,1-4H2. The van der Waals surface area contributed by atoms with E-state index in [0.29, 0.717) is 6.61 Å². The van der Waals surface area contributed by atoms with E-state index in [-0.39, 0.29) is 19.2 Å². The van der Waals surface area contributed by atoms with E-state index in [2.05, 4.69) is 13.5 Å². The molecule has 0 aromatic carbocycles. The van der Waals surface area contributed by atoms with Crippen molar-refractivity contribution in [2.24, 2.45) is 0 Å². The van der Waals surface area contributed by atoms with Crippen LogP contribution in [0.3, 0.4) is 0 Å². The van der Waals surface area contributed by atoms with Crippen molar-refractivity contribution in [3.05, 3.63) is 12.7 Å². The first-order valence-corrected chi connectivity index (χ1v) is 12.2. The van der Waals surface area contributed by atoms with Crippen molar-refractivity contribution in [1.29, 1.82) is 0 Å². The van der Waals surface area contributed by atoms with Crippen molar-refractivity contribution >= 4 is 5.97 Å². The van der Waals surface area contributed by atoms with E-state index < -0.39 is 0 Å². The molecule has 0 aromatic heterocycles. The molecule has 29 heavy (non-hydrogen) atoms. The van der Waals surface area contributed by atoms with Gasteiger partial charge in [0.15, 0.2) is 0 Å². The third-order valence-electron chi connectivity index (χ3n) is 4.98. The Kier molecular flexibility index (Phi) is 30.7. The van der Waals surface area contributed by atoms with Gasteiger partial charge in [-0.1, -0.05) is 110 Å². The van der Waals surface area contributed by atoms with Gasteiger partial charge < -0.3 is 14.9 Å². The maximum Gasteiger partial charge on any atom is 0.330 e. The first-order valence-electron chi connectivity index (χ1n) is 12.2. The van der Waals surface area contributed by atoms with Gasteiger partial charge in [0.05, 0.1) is 6.61 Å². The summed E-state index contributed by atoms with van der Waals surface area (Å²) in [5.74, 6) is -0.300. The van der Waals surface area contributed by atoms with Crippen LogP contribution < -0.4 is 0 Å². The molecule has 0 fully saturated rings. The molecule has 0 unspecified atom stereocenters. The van der Waals surface area contributed by atoms with Crippen LogP contribution in [0.4, 0.5) is 0 Å². The quantitative estimate of drug-likeness (QED) is 0.124. The highest BCUT2D eigenvalue weighted by molar-refractivity contribution is 5.81. The first-order chi connectivity index (χ1) is 14.2. The topological polar surface area (TPSA) is 66.8 Å². The van der Waals surface area contributed by atoms with Crippen LogP contribution in [0.25, 0.3) is 0 Å². The second-order valence-electron chi connectivity index (χ2n) is 7.83. The summed E-state index contributed by atoms with van der Waals surface area (Å²) in [6.45, 7) is 6.59. The van der Waals surface area contributed by atoms with Crippen molar-refractivity contribution in [1.82, 2.24) is 0 Å². The zero-order valence-electron chi connectivity index (χ0n) is 19.3. The average molecular weight is 415 g/mol. The number of esters is 1. The van der Waals surface area contributed by atoms with E-state index in [0.717, 1.165) is 19.3 Å². The van der Waals surface area contributed by atoms with Crippen molar-refractivity contribution in [2.45, 2.75) is 122 Å². The van der Waals surface area contributed by atoms with E-state index in [1.807, 2.05) is 0 Å². The molecule has 174 valence electrons. The largest absolute Gasteiger partial charge is 0.463 e. The van der Waals surface area contributed by atoms with Crippen LogP contribution in [0.2, 0.25) is 0 Å². The summed E-state index contributed by atoms with van der Waals surface area (Å²) in [4.78, 5) is 10.8. The van der Waals surface area contributed by atoms with E-state index >= 15 is 0 Å². The third kappa shape index (κ3) is 32.0. The molecule has 4 heteroatoms. The van der Waals surface area contributed by atoms with Crippen molar-refractivity contribution < 1.29 is 19.7 Å². The fraction of sp³-hybridized carbons (Fsp3) is 0.880. The molecule has 0 heterocycles. The predicted molar refractivity (Wildman–Crippen MR) is 124 cm³/mol. The number of rotatable bonds is 21. The van der Waals surface area contributed by atoms with Crippen LogP contribution in [0.15, 0.2) is 12.7 Å². The molecule has 0 rings (SSSR count). The lowest BCUT2D eigenvalue weighted by Crippen LogP contribution is -2.01. The molecule has 0 aliphatic rings. The van der Waals surface area contributed by atoms with E-state index in [9.17, 15) is 4.79 Å². The lowest BCUT2D eigenvalue weighted by atomic mass is 10.0. The molecule has 0 radical (unpaired) electrons. The lowest BCUT2D eigenvalue weighted by molar-refractivity contribution is -0.137. The maximum atomic E-state index is 10.8. The number of hydrogen-bond acceptors (Lipinski definition) is 4. The number of unbranched alkanes of at least 4 members (excludes halogenated alkanes) is 16. The van der Waals surface area contributed by atoms with Crippen LogP contribution in [0.5, 0.6) is 0 Å². The minimum absolute atomic E-state index is 0.195. The number of carbonyl (C=O) groups excluding carboxylic acids is 1. The van der Waals surface area contributed by atoms with Gasteiger partial charge in [-0.25, -0.2) is 4.79 Å². The van der Waals surface area contributed by atoms with E-state index in [1.165, 1.54) is 102 Å². The normalized spacial score (nSPS) is 10.3. The second kappa shape index (κ2) is 29.3. The summed E-state index contributed by atoms with van der Waals surface area (Å²) in [6.07, 6.45) is 24.4. The molecule has 2 N–H and O–H groups in total. The first kappa shape index (κ1) is 30.3. The van der Waals surface area contributed by atoms with Gasteiger partial charge in [-0.05, 0) is 19.3 Å². The fourth-order valence-corrected chi connectivity index (χ4v) is 3.11. The summed E-state index contributed by atoms with van der Waals surface area (Å²) in [5, 5.41) is 16.2. The SMILES string of the molecule is C=CC(=O)OCCCCCCCCCCCCCCCCCC.OCCCCO. The number of aliphatic hydroxyl groups excluding tert-OH is 2. The molecular weight excluding hydrogens is 364 g/mol. The minimum Gasteiger partial charge on any atom is -0.463 e. The predicted octanol–water partition coefficient (Wildman–Crippen LogP) is 6.73. The Morgan fingerprint density at radius 1 is 0.655 bits per heavy atom. The summed E-state index contributed by atoms with van der Waals surface area (Å²) in [6, 6.07) is 0. The van der Waals surface area contributed by atoms with Gasteiger partial charge in [-0.2, -0.15) is 0 Å². The van der Waals surface area contributed by atoms with Crippen LogP contribution in [0, 0.1) is 0 Å². The van der Waals surface area contributed by atoms with Crippen molar-refractivity contribution in [3.8, 4) is 0 Å². The molecule has 0 aliphatic carbocycles. The van der Waals surface area contributed by atoms with E-state index in [1.54, 1.807) is 0 Å². The fourth-order valence-electron chi connectivity index (χ4n) is 3.11. The highest BCUT2D eigenvalue weighted by Gasteiger charge is 1.96. The maximum absolute atomic E-state index is 10.8. The lowest BCUT2D eigenvalue weighted by Gasteiger charge is -2.04. The zero-order valence-corrected chi connectivity index (χ0v) is 19.3. The monoisotopic (exact) mass is 414 g/mol. The number of ether oxygens (including phenoxy) is 1. The third-order valence-corrected chi connectivity index (χ3v) is 4.98. The van der Waals surface area contributed by atoms with Gasteiger partial charge in [0.2, 0.25) is 0 Å². The Bertz CT molecular complexity index is 314. The van der Waals surface area contributed by atoms with Gasteiger partial charge in [0.1, 0.15) is 0 Å². The molecule has 4 nitrogen and oxygen atoms in total. The van der Waals surface area contributed by atoms with E-state index in [4.69, 9.17) is 14.9 Å².